The lowest BCUT2D eigenvalue weighted by atomic mass is 9.53. The second-order valence-corrected chi connectivity index (χ2v) is 12.4. The van der Waals surface area contributed by atoms with E-state index in [4.69, 9.17) is 9.16 Å². The van der Waals surface area contributed by atoms with E-state index >= 15 is 0 Å². The first-order chi connectivity index (χ1) is 8.90. The molecule has 4 saturated carbocycles. The van der Waals surface area contributed by atoms with E-state index in [-0.39, 0.29) is 5.79 Å². The zero-order valence-corrected chi connectivity index (χ0v) is 13.1. The van der Waals surface area contributed by atoms with Crippen LogP contribution in [0.5, 0.6) is 0 Å². The molecule has 0 unspecified atom stereocenters. The lowest BCUT2D eigenvalue weighted by Crippen LogP contribution is -2.57. The van der Waals surface area contributed by atoms with Crippen molar-refractivity contribution >= 4 is 14.1 Å². The summed E-state index contributed by atoms with van der Waals surface area (Å²) in [5.74, 6) is 2.00. The van der Waals surface area contributed by atoms with E-state index in [1.165, 1.54) is 12.8 Å². The molecule has 5 fully saturated rings. The minimum atomic E-state index is -1.62. The first-order valence-electron chi connectivity index (χ1n) is 7.80. The fourth-order valence-corrected chi connectivity index (χ4v) is 6.71. The molecule has 0 N–H and O–H groups in total. The molecule has 0 aromatic carbocycles. The molecule has 0 amide bonds. The van der Waals surface area contributed by atoms with Gasteiger partial charge >= 0.3 is 0 Å². The summed E-state index contributed by atoms with van der Waals surface area (Å²) in [7, 11) is -1.62. The van der Waals surface area contributed by atoms with Crippen molar-refractivity contribution in [2.75, 3.05) is 0 Å². The average Bonchev–Trinajstić information content (AvgIpc) is 2.57. The first-order valence-corrected chi connectivity index (χ1v) is 11.2. The van der Waals surface area contributed by atoms with Crippen LogP contribution in [0.2, 0.25) is 19.6 Å². The number of hydrogen-bond acceptors (Lipinski definition) is 3. The maximum atomic E-state index is 12.3. The van der Waals surface area contributed by atoms with E-state index in [9.17, 15) is 4.79 Å². The smallest absolute Gasteiger partial charge is 0.187 e. The minimum absolute atomic E-state index is 0.300. The molecule has 1 heterocycles. The third-order valence-corrected chi connectivity index (χ3v) is 6.61. The van der Waals surface area contributed by atoms with Crippen molar-refractivity contribution in [2.24, 2.45) is 23.7 Å². The SMILES string of the molecule is C[Si](C)(C)O[C@]12C[C@@H]3CC[C@H]1[C@H]1[C@@H]3C(=O)CC[C@H]1O2. The topological polar surface area (TPSA) is 35.5 Å². The quantitative estimate of drug-likeness (QED) is 0.730. The molecule has 4 heteroatoms. The van der Waals surface area contributed by atoms with Crippen LogP contribution >= 0.6 is 0 Å². The Bertz CT molecular complexity index is 430. The van der Waals surface area contributed by atoms with Gasteiger partial charge in [-0.3, -0.25) is 4.79 Å². The van der Waals surface area contributed by atoms with Gasteiger partial charge in [-0.1, -0.05) is 0 Å². The van der Waals surface area contributed by atoms with Crippen LogP contribution in [0, 0.1) is 23.7 Å². The highest BCUT2D eigenvalue weighted by molar-refractivity contribution is 6.69. The zero-order valence-electron chi connectivity index (χ0n) is 12.1. The van der Waals surface area contributed by atoms with E-state index < -0.39 is 8.32 Å². The summed E-state index contributed by atoms with van der Waals surface area (Å²) < 4.78 is 13.0. The molecule has 0 spiro atoms. The zero-order chi connectivity index (χ0) is 13.4. The number of ether oxygens (including phenoxy) is 1. The van der Waals surface area contributed by atoms with Gasteiger partial charge in [0, 0.05) is 30.6 Å². The Morgan fingerprint density at radius 1 is 1.26 bits per heavy atom. The molecule has 1 saturated heterocycles. The monoisotopic (exact) mass is 280 g/mol. The van der Waals surface area contributed by atoms with E-state index in [2.05, 4.69) is 19.6 Å². The normalized spacial score (nSPS) is 51.7. The molecule has 5 rings (SSSR count). The molecule has 4 bridgehead atoms. The summed E-state index contributed by atoms with van der Waals surface area (Å²) in [5, 5.41) is 0. The number of carbonyl (C=O) groups is 1. The number of rotatable bonds is 2. The van der Waals surface area contributed by atoms with Gasteiger partial charge in [-0.2, -0.15) is 0 Å². The van der Waals surface area contributed by atoms with Crippen molar-refractivity contribution in [3.8, 4) is 0 Å². The third kappa shape index (κ3) is 1.66. The molecule has 0 radical (unpaired) electrons. The van der Waals surface area contributed by atoms with Crippen molar-refractivity contribution in [1.82, 2.24) is 0 Å². The van der Waals surface area contributed by atoms with Crippen LogP contribution in [0.3, 0.4) is 0 Å². The Labute approximate surface area is 116 Å². The van der Waals surface area contributed by atoms with Crippen LogP contribution in [0.1, 0.15) is 32.1 Å². The van der Waals surface area contributed by atoms with Crippen molar-refractivity contribution in [3.63, 3.8) is 0 Å². The lowest BCUT2D eigenvalue weighted by Gasteiger charge is -2.53. The highest BCUT2D eigenvalue weighted by atomic mass is 28.4. The van der Waals surface area contributed by atoms with Gasteiger partial charge in [0.25, 0.3) is 0 Å². The van der Waals surface area contributed by atoms with Crippen molar-refractivity contribution in [3.05, 3.63) is 0 Å². The third-order valence-electron chi connectivity index (χ3n) is 5.65. The van der Waals surface area contributed by atoms with Crippen LogP contribution in [0.15, 0.2) is 0 Å². The Morgan fingerprint density at radius 2 is 2.05 bits per heavy atom. The Morgan fingerprint density at radius 3 is 2.79 bits per heavy atom. The summed E-state index contributed by atoms with van der Waals surface area (Å²) in [6, 6.07) is 0. The lowest BCUT2D eigenvalue weighted by molar-refractivity contribution is -0.225. The second kappa shape index (κ2) is 3.71. The van der Waals surface area contributed by atoms with Gasteiger partial charge in [0.2, 0.25) is 0 Å². The van der Waals surface area contributed by atoms with Crippen molar-refractivity contribution < 1.29 is 14.0 Å². The van der Waals surface area contributed by atoms with Gasteiger partial charge in [-0.25, -0.2) is 0 Å². The largest absolute Gasteiger partial charge is 0.391 e. The maximum absolute atomic E-state index is 12.3. The molecule has 3 nitrogen and oxygen atoms in total. The van der Waals surface area contributed by atoms with E-state index in [1.54, 1.807) is 0 Å². The van der Waals surface area contributed by atoms with Gasteiger partial charge in [-0.15, -0.1) is 0 Å². The van der Waals surface area contributed by atoms with Crippen LogP contribution in [0.25, 0.3) is 0 Å². The second-order valence-electron chi connectivity index (χ2n) is 7.94. The van der Waals surface area contributed by atoms with Crippen LogP contribution < -0.4 is 0 Å². The molecule has 1 aliphatic heterocycles. The van der Waals surface area contributed by atoms with E-state index in [0.29, 0.717) is 35.6 Å². The molecule has 0 aromatic rings. The Balaban J connectivity index is 1.73. The van der Waals surface area contributed by atoms with Gasteiger partial charge < -0.3 is 9.16 Å². The maximum Gasteiger partial charge on any atom is 0.187 e. The van der Waals surface area contributed by atoms with Crippen LogP contribution in [-0.2, 0) is 14.0 Å². The summed E-state index contributed by atoms with van der Waals surface area (Å²) in [6.07, 6.45) is 5.36. The summed E-state index contributed by atoms with van der Waals surface area (Å²) in [4.78, 5) is 12.3. The molecule has 5 aliphatic rings. The molecular weight excluding hydrogens is 256 g/mol. The standard InChI is InChI=1S/C15H24O3Si/c1-19(2,3)18-15-8-9-4-5-10(15)14-12(17-15)7-6-11(16)13(9)14/h9-10,12-14H,4-8H2,1-3H3/t9-,10-,12+,13-,14+,15+/m0/s1. The summed E-state index contributed by atoms with van der Waals surface area (Å²) in [5.41, 5.74) is 0. The number of carbonyl (C=O) groups excluding carboxylic acids is 1. The summed E-state index contributed by atoms with van der Waals surface area (Å²) >= 11 is 0. The fourth-order valence-electron chi connectivity index (χ4n) is 5.39. The minimum Gasteiger partial charge on any atom is -0.391 e. The highest BCUT2D eigenvalue weighted by Crippen LogP contribution is 2.64. The molecule has 19 heavy (non-hydrogen) atoms. The van der Waals surface area contributed by atoms with E-state index in [0.717, 1.165) is 19.3 Å². The molecule has 0 aromatic heterocycles. The number of Topliss-reactive ketones (excluding diaryl/α,β-unsaturated/α-hetero) is 1. The van der Waals surface area contributed by atoms with Gasteiger partial charge in [-0.05, 0) is 44.8 Å². The Hall–Kier alpha value is -0.193. The number of hydrogen-bond donors (Lipinski definition) is 0. The molecule has 106 valence electrons. The van der Waals surface area contributed by atoms with Gasteiger partial charge in [0.05, 0.1) is 6.10 Å². The van der Waals surface area contributed by atoms with Crippen molar-refractivity contribution in [1.29, 1.82) is 0 Å². The predicted octanol–water partition coefficient (Wildman–Crippen LogP) is 2.96. The fraction of sp³-hybridized carbons (Fsp3) is 0.933. The van der Waals surface area contributed by atoms with Crippen LogP contribution in [-0.4, -0.2) is 26.0 Å². The Kier molecular flexibility index (Phi) is 2.45. The molecule has 6 atom stereocenters. The molecular formula is C15H24O3Si. The first kappa shape index (κ1) is 12.5. The number of ketones is 1. The summed E-state index contributed by atoms with van der Waals surface area (Å²) in [6.45, 7) is 6.74. The highest BCUT2D eigenvalue weighted by Gasteiger charge is 2.68. The van der Waals surface area contributed by atoms with Crippen LogP contribution in [0.4, 0.5) is 0 Å². The van der Waals surface area contributed by atoms with Gasteiger partial charge in [0.15, 0.2) is 14.1 Å². The van der Waals surface area contributed by atoms with Gasteiger partial charge in [0.1, 0.15) is 5.78 Å². The van der Waals surface area contributed by atoms with Crippen molar-refractivity contribution in [2.45, 2.75) is 63.6 Å². The average molecular weight is 280 g/mol. The number of fused-ring (bicyclic) bond motifs is 1. The van der Waals surface area contributed by atoms with E-state index in [1.807, 2.05) is 0 Å². The predicted molar refractivity (Wildman–Crippen MR) is 74.1 cm³/mol. The molecule has 4 aliphatic carbocycles.